The lowest BCUT2D eigenvalue weighted by atomic mass is 9.96. The predicted molar refractivity (Wildman–Crippen MR) is 64.0 cm³/mol. The number of carbonyl (C=O) groups excluding carboxylic acids is 1. The summed E-state index contributed by atoms with van der Waals surface area (Å²) in [5, 5.41) is 10.9. The highest BCUT2D eigenvalue weighted by molar-refractivity contribution is 6.09. The molecule has 3 nitrogen and oxygen atoms in total. The maximum absolute atomic E-state index is 11.5. The Bertz CT molecular complexity index is 371. The summed E-state index contributed by atoms with van der Waals surface area (Å²) in [7, 11) is 0. The fraction of sp³-hybridized carbons (Fsp3) is 0.462. The van der Waals surface area contributed by atoms with Crippen LogP contribution in [0.4, 0.5) is 0 Å². The first-order valence-corrected chi connectivity index (χ1v) is 5.33. The first-order chi connectivity index (χ1) is 7.21. The highest BCUT2D eigenvalue weighted by Crippen LogP contribution is 2.20. The molecule has 0 radical (unpaired) electrons. The molecule has 0 aliphatic heterocycles. The van der Waals surface area contributed by atoms with Crippen LogP contribution in [-0.4, -0.2) is 21.6 Å². The van der Waals surface area contributed by atoms with E-state index in [-0.39, 0.29) is 11.3 Å². The van der Waals surface area contributed by atoms with E-state index in [2.05, 4.69) is 0 Å². The van der Waals surface area contributed by atoms with Crippen molar-refractivity contribution in [2.45, 2.75) is 40.2 Å². The van der Waals surface area contributed by atoms with Crippen molar-refractivity contribution in [3.8, 4) is 0 Å². The summed E-state index contributed by atoms with van der Waals surface area (Å²) in [4.78, 5) is 11.5. The molecule has 0 spiro atoms. The molecule has 88 valence electrons. The van der Waals surface area contributed by atoms with Gasteiger partial charge in [-0.15, -0.1) is 0 Å². The number of ketones is 1. The molecule has 3 heteroatoms. The van der Waals surface area contributed by atoms with Crippen molar-refractivity contribution in [1.29, 1.82) is 0 Å². The standard InChI is InChI=1S/C13H19NO2/c1-9-6-11(7-10(2)12(9)15)8-14(16)13(3,4)5/h6-8,16H,1-5H3. The normalized spacial score (nSPS) is 16.9. The zero-order valence-electron chi connectivity index (χ0n) is 10.5. The molecular formula is C13H19NO2. The fourth-order valence-corrected chi connectivity index (χ4v) is 1.39. The Labute approximate surface area is 96.7 Å². The molecule has 0 fully saturated rings. The maximum Gasteiger partial charge on any atom is 0.184 e. The van der Waals surface area contributed by atoms with Crippen LogP contribution in [-0.2, 0) is 4.79 Å². The monoisotopic (exact) mass is 221 g/mol. The number of allylic oxidation sites excluding steroid dienone is 5. The third-order valence-corrected chi connectivity index (χ3v) is 2.44. The van der Waals surface area contributed by atoms with Crippen LogP contribution in [0.3, 0.4) is 0 Å². The third-order valence-electron chi connectivity index (χ3n) is 2.44. The molecule has 0 saturated heterocycles. The van der Waals surface area contributed by atoms with Crippen molar-refractivity contribution in [1.82, 2.24) is 5.06 Å². The van der Waals surface area contributed by atoms with Crippen LogP contribution < -0.4 is 0 Å². The molecule has 0 heterocycles. The fourth-order valence-electron chi connectivity index (χ4n) is 1.39. The van der Waals surface area contributed by atoms with Gasteiger partial charge in [-0.25, -0.2) is 0 Å². The van der Waals surface area contributed by atoms with Crippen LogP contribution in [0.5, 0.6) is 0 Å². The van der Waals surface area contributed by atoms with E-state index in [1.807, 2.05) is 20.8 Å². The Kier molecular flexibility index (Phi) is 3.38. The summed E-state index contributed by atoms with van der Waals surface area (Å²) in [6.45, 7) is 9.29. The van der Waals surface area contributed by atoms with Gasteiger partial charge in [0.05, 0.1) is 5.54 Å². The molecular weight excluding hydrogens is 202 g/mol. The molecule has 0 saturated carbocycles. The van der Waals surface area contributed by atoms with Crippen molar-refractivity contribution in [2.75, 3.05) is 0 Å². The predicted octanol–water partition coefficient (Wildman–Crippen LogP) is 2.84. The van der Waals surface area contributed by atoms with Crippen molar-refractivity contribution in [3.05, 3.63) is 35.1 Å². The van der Waals surface area contributed by atoms with E-state index in [0.29, 0.717) is 11.1 Å². The lowest BCUT2D eigenvalue weighted by Gasteiger charge is -2.28. The lowest BCUT2D eigenvalue weighted by Crippen LogP contribution is -2.34. The Hall–Kier alpha value is -1.35. The topological polar surface area (TPSA) is 40.5 Å². The quantitative estimate of drug-likeness (QED) is 0.692. The van der Waals surface area contributed by atoms with E-state index in [4.69, 9.17) is 0 Å². The highest BCUT2D eigenvalue weighted by Gasteiger charge is 2.18. The third kappa shape index (κ3) is 2.83. The number of hydrogen-bond donors (Lipinski definition) is 1. The first-order valence-electron chi connectivity index (χ1n) is 5.33. The number of hydrogen-bond acceptors (Lipinski definition) is 3. The maximum atomic E-state index is 11.5. The van der Waals surface area contributed by atoms with E-state index < -0.39 is 0 Å². The average molecular weight is 221 g/mol. The van der Waals surface area contributed by atoms with Crippen molar-refractivity contribution in [2.24, 2.45) is 0 Å². The van der Waals surface area contributed by atoms with Gasteiger partial charge >= 0.3 is 0 Å². The molecule has 1 aliphatic carbocycles. The molecule has 0 unspecified atom stereocenters. The zero-order chi connectivity index (χ0) is 12.5. The molecule has 0 amide bonds. The summed E-state index contributed by atoms with van der Waals surface area (Å²) < 4.78 is 0. The van der Waals surface area contributed by atoms with Crippen molar-refractivity contribution in [3.63, 3.8) is 0 Å². The molecule has 1 aliphatic rings. The molecule has 0 aromatic heterocycles. The SMILES string of the molecule is CC1=CC(=CN(O)C(C)(C)C)C=C(C)C1=O. The second-order valence-corrected chi connectivity index (χ2v) is 5.13. The van der Waals surface area contributed by atoms with Crippen LogP contribution in [0.15, 0.2) is 35.1 Å². The summed E-state index contributed by atoms with van der Waals surface area (Å²) in [6, 6.07) is 0. The Morgan fingerprint density at radius 2 is 1.62 bits per heavy atom. The smallest absolute Gasteiger partial charge is 0.184 e. The van der Waals surface area contributed by atoms with Gasteiger partial charge in [-0.3, -0.25) is 15.1 Å². The number of Topliss-reactive ketones (excluding diaryl/α,β-unsaturated/α-hetero) is 1. The van der Waals surface area contributed by atoms with Gasteiger partial charge in [-0.2, -0.15) is 0 Å². The van der Waals surface area contributed by atoms with Gasteiger partial charge in [-0.05, 0) is 63.5 Å². The van der Waals surface area contributed by atoms with Crippen LogP contribution in [0.1, 0.15) is 34.6 Å². The van der Waals surface area contributed by atoms with Crippen LogP contribution in [0.25, 0.3) is 0 Å². The number of rotatable bonds is 1. The second kappa shape index (κ2) is 4.26. The summed E-state index contributed by atoms with van der Waals surface area (Å²) in [5.74, 6) is 0.0670. The average Bonchev–Trinajstić information content (AvgIpc) is 2.12. The highest BCUT2D eigenvalue weighted by atomic mass is 16.5. The van der Waals surface area contributed by atoms with Gasteiger partial charge in [0, 0.05) is 6.20 Å². The molecule has 0 bridgehead atoms. The Morgan fingerprint density at radius 1 is 1.19 bits per heavy atom. The van der Waals surface area contributed by atoms with Crippen molar-refractivity contribution >= 4 is 5.78 Å². The molecule has 16 heavy (non-hydrogen) atoms. The van der Waals surface area contributed by atoms with Crippen molar-refractivity contribution < 1.29 is 10.0 Å². The van der Waals surface area contributed by atoms with Crippen LogP contribution >= 0.6 is 0 Å². The second-order valence-electron chi connectivity index (χ2n) is 5.13. The van der Waals surface area contributed by atoms with Crippen LogP contribution in [0.2, 0.25) is 0 Å². The largest absolute Gasteiger partial charge is 0.289 e. The van der Waals surface area contributed by atoms with E-state index in [0.717, 1.165) is 10.6 Å². The van der Waals surface area contributed by atoms with Gasteiger partial charge in [0.2, 0.25) is 0 Å². The van der Waals surface area contributed by atoms with E-state index in [9.17, 15) is 10.0 Å². The minimum absolute atomic E-state index is 0.0670. The molecule has 0 aromatic carbocycles. The van der Waals surface area contributed by atoms with Gasteiger partial charge < -0.3 is 0 Å². The molecule has 0 atom stereocenters. The molecule has 1 N–H and O–H groups in total. The Balaban J connectivity index is 3.00. The van der Waals surface area contributed by atoms with E-state index in [1.165, 1.54) is 0 Å². The summed E-state index contributed by atoms with van der Waals surface area (Å²) in [6.07, 6.45) is 5.20. The molecule has 0 aromatic rings. The minimum atomic E-state index is -0.349. The number of nitrogens with zero attached hydrogens (tertiary/aromatic N) is 1. The van der Waals surface area contributed by atoms with Crippen LogP contribution in [0, 0.1) is 0 Å². The number of carbonyl (C=O) groups is 1. The summed E-state index contributed by atoms with van der Waals surface area (Å²) in [5.41, 5.74) is 1.90. The van der Waals surface area contributed by atoms with Gasteiger partial charge in [0.1, 0.15) is 0 Å². The van der Waals surface area contributed by atoms with Gasteiger partial charge in [0.25, 0.3) is 0 Å². The minimum Gasteiger partial charge on any atom is -0.289 e. The van der Waals surface area contributed by atoms with E-state index >= 15 is 0 Å². The lowest BCUT2D eigenvalue weighted by molar-refractivity contribution is -0.112. The Morgan fingerprint density at radius 3 is 2.00 bits per heavy atom. The molecule has 1 rings (SSSR count). The van der Waals surface area contributed by atoms with Gasteiger partial charge in [0.15, 0.2) is 5.78 Å². The number of hydroxylamine groups is 2. The zero-order valence-corrected chi connectivity index (χ0v) is 10.5. The summed E-state index contributed by atoms with van der Waals surface area (Å²) >= 11 is 0. The van der Waals surface area contributed by atoms with Gasteiger partial charge in [-0.1, -0.05) is 0 Å². The van der Waals surface area contributed by atoms with E-state index in [1.54, 1.807) is 32.2 Å². The first kappa shape index (κ1) is 12.7.